The molecule has 0 unspecified atom stereocenters. The highest BCUT2D eigenvalue weighted by atomic mass is 32.1. The summed E-state index contributed by atoms with van der Waals surface area (Å²) >= 11 is 3.29. The fourth-order valence-electron chi connectivity index (χ4n) is 3.60. The Morgan fingerprint density at radius 3 is 2.03 bits per heavy atom. The number of rotatable bonds is 4. The maximum Gasteiger partial charge on any atom is 0.258 e. The average molecular weight is 456 g/mol. The van der Waals surface area contributed by atoms with Gasteiger partial charge in [0, 0.05) is 18.3 Å². The topological polar surface area (TPSA) is 46.1 Å². The zero-order valence-corrected chi connectivity index (χ0v) is 19.6. The minimum atomic E-state index is -0.0723. The minimum absolute atomic E-state index is 0.0723. The molecule has 5 aromatic rings. The van der Waals surface area contributed by atoms with E-state index in [4.69, 9.17) is 9.97 Å². The molecule has 0 fully saturated rings. The van der Waals surface area contributed by atoms with E-state index >= 15 is 0 Å². The van der Waals surface area contributed by atoms with E-state index in [2.05, 4.69) is 26.0 Å². The molecule has 0 aliphatic heterocycles. The zero-order valence-electron chi connectivity index (χ0n) is 18.0. The largest absolute Gasteiger partial charge is 0.311 e. The van der Waals surface area contributed by atoms with Crippen LogP contribution in [-0.4, -0.2) is 22.9 Å². The Kier molecular flexibility index (Phi) is 5.33. The molecule has 3 heterocycles. The number of aromatic nitrogens is 2. The molecule has 3 aromatic heterocycles. The number of hydrogen-bond acceptors (Lipinski definition) is 5. The maximum absolute atomic E-state index is 13.2. The van der Waals surface area contributed by atoms with E-state index < -0.39 is 0 Å². The van der Waals surface area contributed by atoms with Crippen LogP contribution in [-0.2, 0) is 0 Å². The molecule has 32 heavy (non-hydrogen) atoms. The number of carbonyl (C=O) groups is 1. The predicted octanol–water partition coefficient (Wildman–Crippen LogP) is 6.98. The second-order valence-corrected chi connectivity index (χ2v) is 9.61. The van der Waals surface area contributed by atoms with Gasteiger partial charge in [-0.3, -0.25) is 4.79 Å². The van der Waals surface area contributed by atoms with Crippen molar-refractivity contribution >= 4 is 45.3 Å². The van der Waals surface area contributed by atoms with Gasteiger partial charge in [-0.25, -0.2) is 9.97 Å². The number of fused-ring (bicyclic) bond motifs is 1. The molecule has 1 amide bonds. The van der Waals surface area contributed by atoms with Crippen LogP contribution in [0.4, 0.5) is 5.69 Å². The van der Waals surface area contributed by atoms with Gasteiger partial charge in [-0.1, -0.05) is 18.2 Å². The molecule has 0 spiro atoms. The van der Waals surface area contributed by atoms with Gasteiger partial charge in [0.15, 0.2) is 0 Å². The Balaban J connectivity index is 1.58. The summed E-state index contributed by atoms with van der Waals surface area (Å²) in [4.78, 5) is 26.9. The minimum Gasteiger partial charge on any atom is -0.311 e. The van der Waals surface area contributed by atoms with E-state index in [1.807, 2.05) is 59.3 Å². The molecule has 158 valence electrons. The van der Waals surface area contributed by atoms with Gasteiger partial charge in [0.2, 0.25) is 0 Å². The van der Waals surface area contributed by atoms with Crippen molar-refractivity contribution in [1.82, 2.24) is 9.97 Å². The van der Waals surface area contributed by atoms with Crippen LogP contribution in [0.25, 0.3) is 32.2 Å². The average Bonchev–Trinajstić information content (AvgIpc) is 3.53. The SMILES string of the molecule is Cc1ccc(N(C)C(=O)c2ccc3nc(-c4cccs4)c(-c4cccs4)nc3c2)cc1C. The lowest BCUT2D eigenvalue weighted by Crippen LogP contribution is -2.26. The number of carbonyl (C=O) groups excluding carboxylic acids is 1. The van der Waals surface area contributed by atoms with Crippen LogP contribution in [0.15, 0.2) is 71.4 Å². The number of benzene rings is 2. The molecule has 0 aliphatic carbocycles. The van der Waals surface area contributed by atoms with Gasteiger partial charge in [0.25, 0.3) is 5.91 Å². The number of amides is 1. The molecular formula is C26H21N3OS2. The number of nitrogens with zero attached hydrogens (tertiary/aromatic N) is 3. The summed E-state index contributed by atoms with van der Waals surface area (Å²) in [6, 6.07) is 19.8. The Morgan fingerprint density at radius 1 is 0.781 bits per heavy atom. The maximum atomic E-state index is 13.2. The molecule has 0 saturated carbocycles. The third kappa shape index (κ3) is 3.72. The third-order valence-corrected chi connectivity index (χ3v) is 7.36. The fraction of sp³-hybridized carbons (Fsp3) is 0.115. The summed E-state index contributed by atoms with van der Waals surface area (Å²) in [6.07, 6.45) is 0. The lowest BCUT2D eigenvalue weighted by Gasteiger charge is -2.19. The van der Waals surface area contributed by atoms with E-state index in [0.717, 1.165) is 37.9 Å². The molecule has 0 radical (unpaired) electrons. The van der Waals surface area contributed by atoms with Gasteiger partial charge in [0.1, 0.15) is 11.4 Å². The van der Waals surface area contributed by atoms with Crippen molar-refractivity contribution < 1.29 is 4.79 Å². The molecule has 0 atom stereocenters. The molecule has 0 saturated heterocycles. The zero-order chi connectivity index (χ0) is 22.2. The van der Waals surface area contributed by atoms with Crippen LogP contribution in [0.3, 0.4) is 0 Å². The summed E-state index contributed by atoms with van der Waals surface area (Å²) in [5.74, 6) is -0.0723. The Hall–Kier alpha value is -3.35. The molecule has 2 aromatic carbocycles. The predicted molar refractivity (Wildman–Crippen MR) is 135 cm³/mol. The fourth-order valence-corrected chi connectivity index (χ4v) is 5.03. The molecule has 6 heteroatoms. The summed E-state index contributed by atoms with van der Waals surface area (Å²) in [7, 11) is 1.80. The van der Waals surface area contributed by atoms with E-state index in [1.165, 1.54) is 5.56 Å². The highest BCUT2D eigenvalue weighted by Gasteiger charge is 2.18. The van der Waals surface area contributed by atoms with Crippen molar-refractivity contribution in [2.24, 2.45) is 0 Å². The van der Waals surface area contributed by atoms with Crippen LogP contribution in [0.1, 0.15) is 21.5 Å². The van der Waals surface area contributed by atoms with Crippen molar-refractivity contribution in [3.05, 3.63) is 88.1 Å². The molecule has 0 bridgehead atoms. The number of hydrogen-bond donors (Lipinski definition) is 0. The Bertz CT molecular complexity index is 1420. The van der Waals surface area contributed by atoms with Crippen LogP contribution in [0, 0.1) is 13.8 Å². The molecule has 0 N–H and O–H groups in total. The third-order valence-electron chi connectivity index (χ3n) is 5.60. The summed E-state index contributed by atoms with van der Waals surface area (Å²) < 4.78 is 0. The van der Waals surface area contributed by atoms with Gasteiger partial charge in [-0.2, -0.15) is 0 Å². The van der Waals surface area contributed by atoms with Crippen molar-refractivity contribution in [3.63, 3.8) is 0 Å². The second-order valence-electron chi connectivity index (χ2n) is 7.71. The lowest BCUT2D eigenvalue weighted by molar-refractivity contribution is 0.0993. The highest BCUT2D eigenvalue weighted by molar-refractivity contribution is 7.14. The van der Waals surface area contributed by atoms with Crippen molar-refractivity contribution in [1.29, 1.82) is 0 Å². The summed E-state index contributed by atoms with van der Waals surface area (Å²) in [5, 5.41) is 4.09. The molecule has 5 rings (SSSR count). The van der Waals surface area contributed by atoms with Crippen LogP contribution >= 0.6 is 22.7 Å². The Labute approximate surface area is 194 Å². The number of thiophene rings is 2. The first-order valence-electron chi connectivity index (χ1n) is 10.3. The monoisotopic (exact) mass is 455 g/mol. The molecule has 4 nitrogen and oxygen atoms in total. The van der Waals surface area contributed by atoms with Crippen molar-refractivity contribution in [2.75, 3.05) is 11.9 Å². The van der Waals surface area contributed by atoms with Gasteiger partial charge in [-0.05, 0) is 78.2 Å². The molecular weight excluding hydrogens is 434 g/mol. The quantitative estimate of drug-likeness (QED) is 0.294. The Morgan fingerprint density at radius 2 is 1.44 bits per heavy atom. The van der Waals surface area contributed by atoms with Crippen molar-refractivity contribution in [2.45, 2.75) is 13.8 Å². The highest BCUT2D eigenvalue weighted by Crippen LogP contribution is 2.35. The second kappa shape index (κ2) is 8.30. The van der Waals surface area contributed by atoms with Gasteiger partial charge in [-0.15, -0.1) is 22.7 Å². The summed E-state index contributed by atoms with van der Waals surface area (Å²) in [5.41, 5.74) is 7.05. The smallest absolute Gasteiger partial charge is 0.258 e. The molecule has 0 aliphatic rings. The van der Waals surface area contributed by atoms with E-state index in [9.17, 15) is 4.79 Å². The first-order chi connectivity index (χ1) is 15.5. The summed E-state index contributed by atoms with van der Waals surface area (Å²) in [6.45, 7) is 4.12. The lowest BCUT2D eigenvalue weighted by atomic mass is 10.1. The van der Waals surface area contributed by atoms with Gasteiger partial charge < -0.3 is 4.90 Å². The van der Waals surface area contributed by atoms with E-state index in [1.54, 1.807) is 34.6 Å². The standard InChI is InChI=1S/C26H21N3OS2/c1-16-8-10-19(14-17(16)2)29(3)26(30)18-9-11-20-21(15-18)28-25(23-7-5-13-32-23)24(27-20)22-6-4-12-31-22/h4-15H,1-3H3. The van der Waals surface area contributed by atoms with E-state index in [-0.39, 0.29) is 5.91 Å². The first kappa shape index (κ1) is 20.5. The first-order valence-corrected chi connectivity index (χ1v) is 12.0. The van der Waals surface area contributed by atoms with Crippen LogP contribution < -0.4 is 4.90 Å². The normalized spacial score (nSPS) is 11.1. The van der Waals surface area contributed by atoms with Gasteiger partial charge in [0.05, 0.1) is 20.8 Å². The van der Waals surface area contributed by atoms with Crippen LogP contribution in [0.5, 0.6) is 0 Å². The number of aryl methyl sites for hydroxylation is 2. The van der Waals surface area contributed by atoms with Gasteiger partial charge >= 0.3 is 0 Å². The van der Waals surface area contributed by atoms with Crippen molar-refractivity contribution in [3.8, 4) is 21.1 Å². The van der Waals surface area contributed by atoms with Crippen LogP contribution in [0.2, 0.25) is 0 Å². The van der Waals surface area contributed by atoms with E-state index in [0.29, 0.717) is 11.1 Å². The number of anilines is 1.